The van der Waals surface area contributed by atoms with Gasteiger partial charge in [-0.3, -0.25) is 14.5 Å². The number of thiazole rings is 1. The number of aliphatic imine (C=N–C) groups is 1. The Morgan fingerprint density at radius 1 is 1.30 bits per heavy atom. The minimum Gasteiger partial charge on any atom is -0.493 e. The number of pyridine rings is 1. The van der Waals surface area contributed by atoms with Crippen LogP contribution in [0.25, 0.3) is 11.6 Å². The second-order valence-electron chi connectivity index (χ2n) is 5.79. The van der Waals surface area contributed by atoms with Crippen molar-refractivity contribution in [3.63, 3.8) is 0 Å². The monoisotopic (exact) mass is 394 g/mol. The third-order valence-corrected chi connectivity index (χ3v) is 5.34. The van der Waals surface area contributed by atoms with Crippen LogP contribution in [0.4, 0.5) is 11.4 Å². The van der Waals surface area contributed by atoms with Gasteiger partial charge in [0.2, 0.25) is 5.88 Å². The minimum atomic E-state index is 0.133. The second-order valence-corrected chi connectivity index (χ2v) is 7.20. The van der Waals surface area contributed by atoms with Gasteiger partial charge in [-0.15, -0.1) is 6.58 Å². The van der Waals surface area contributed by atoms with Gasteiger partial charge in [0.05, 0.1) is 21.3 Å². The quantitative estimate of drug-likeness (QED) is 0.634. The Morgan fingerprint density at radius 2 is 2.15 bits per heavy atom. The molecule has 3 aromatic rings. The summed E-state index contributed by atoms with van der Waals surface area (Å²) in [5.74, 6) is 0.133. The highest BCUT2D eigenvalue weighted by Gasteiger charge is 2.15. The van der Waals surface area contributed by atoms with Crippen molar-refractivity contribution in [2.45, 2.75) is 6.54 Å². The standard InChI is InChI=1S/C20H15ClN4OS/c1-2-9-25-19(26)18(10-13-11-23-16-6-4-3-5-14(13)16)27-20(25)24-17-7-8-22-12-15(17)21/h2-8,10-12,26H,1,9H2/b13-10+,24-20?. The molecule has 0 radical (unpaired) electrons. The van der Waals surface area contributed by atoms with Gasteiger partial charge in [-0.2, -0.15) is 0 Å². The first-order chi connectivity index (χ1) is 13.2. The fraction of sp³-hybridized carbons (Fsp3) is 0.0500. The summed E-state index contributed by atoms with van der Waals surface area (Å²) in [6.45, 7) is 4.19. The Hall–Kier alpha value is -2.96. The lowest BCUT2D eigenvalue weighted by molar-refractivity contribution is 0.421. The summed E-state index contributed by atoms with van der Waals surface area (Å²) >= 11 is 7.54. The highest BCUT2D eigenvalue weighted by Crippen LogP contribution is 2.34. The molecule has 0 spiro atoms. The van der Waals surface area contributed by atoms with Gasteiger partial charge in [-0.25, -0.2) is 4.99 Å². The Bertz CT molecular complexity index is 1160. The zero-order chi connectivity index (χ0) is 18.8. The number of hydrogen-bond donors (Lipinski definition) is 1. The van der Waals surface area contributed by atoms with E-state index in [0.29, 0.717) is 26.9 Å². The van der Waals surface area contributed by atoms with Crippen molar-refractivity contribution in [3.05, 3.63) is 75.6 Å². The number of hydrogen-bond acceptors (Lipinski definition) is 5. The van der Waals surface area contributed by atoms with Crippen molar-refractivity contribution in [1.82, 2.24) is 9.55 Å². The van der Waals surface area contributed by atoms with Crippen molar-refractivity contribution < 1.29 is 5.11 Å². The highest BCUT2D eigenvalue weighted by molar-refractivity contribution is 7.10. The molecule has 2 aromatic heterocycles. The molecule has 3 heterocycles. The van der Waals surface area contributed by atoms with Gasteiger partial charge in [0.1, 0.15) is 0 Å². The van der Waals surface area contributed by atoms with Crippen LogP contribution in [0.1, 0.15) is 10.4 Å². The lowest BCUT2D eigenvalue weighted by atomic mass is 10.1. The summed E-state index contributed by atoms with van der Waals surface area (Å²) in [5, 5.41) is 11.2. The van der Waals surface area contributed by atoms with Gasteiger partial charge < -0.3 is 5.11 Å². The molecule has 0 aliphatic carbocycles. The molecule has 134 valence electrons. The molecule has 1 N–H and O–H groups in total. The Balaban J connectivity index is 1.85. The number of para-hydroxylation sites is 1. The number of rotatable bonds is 4. The van der Waals surface area contributed by atoms with E-state index in [-0.39, 0.29) is 5.88 Å². The summed E-state index contributed by atoms with van der Waals surface area (Å²) in [5.41, 5.74) is 3.50. The first-order valence-electron chi connectivity index (χ1n) is 8.20. The highest BCUT2D eigenvalue weighted by atomic mass is 35.5. The van der Waals surface area contributed by atoms with Gasteiger partial charge in [0, 0.05) is 36.3 Å². The van der Waals surface area contributed by atoms with Crippen LogP contribution in [0, 0.1) is 0 Å². The van der Waals surface area contributed by atoms with E-state index in [9.17, 15) is 5.11 Å². The molecule has 0 bridgehead atoms. The minimum absolute atomic E-state index is 0.133. The number of aromatic hydroxyl groups is 1. The van der Waals surface area contributed by atoms with Crippen LogP contribution in [0.5, 0.6) is 5.88 Å². The van der Waals surface area contributed by atoms with Crippen LogP contribution in [-0.4, -0.2) is 20.9 Å². The van der Waals surface area contributed by atoms with Gasteiger partial charge in [0.25, 0.3) is 0 Å². The fourth-order valence-electron chi connectivity index (χ4n) is 2.75. The molecule has 0 unspecified atom stereocenters. The van der Waals surface area contributed by atoms with Gasteiger partial charge >= 0.3 is 0 Å². The molecule has 0 atom stereocenters. The largest absolute Gasteiger partial charge is 0.493 e. The van der Waals surface area contributed by atoms with Crippen molar-refractivity contribution in [2.24, 2.45) is 9.98 Å². The zero-order valence-corrected chi connectivity index (χ0v) is 15.8. The molecular weight excluding hydrogens is 380 g/mol. The van der Waals surface area contributed by atoms with E-state index in [1.165, 1.54) is 11.3 Å². The molecule has 4 rings (SSSR count). The molecule has 7 heteroatoms. The van der Waals surface area contributed by atoms with E-state index in [0.717, 1.165) is 16.8 Å². The average molecular weight is 395 g/mol. The molecule has 1 aromatic carbocycles. The summed E-state index contributed by atoms with van der Waals surface area (Å²) in [6.07, 6.45) is 8.61. The number of allylic oxidation sites excluding steroid dienone is 2. The molecule has 0 amide bonds. The van der Waals surface area contributed by atoms with Crippen LogP contribution in [0.15, 0.2) is 65.4 Å². The molecule has 27 heavy (non-hydrogen) atoms. The third-order valence-electron chi connectivity index (χ3n) is 4.03. The summed E-state index contributed by atoms with van der Waals surface area (Å²) in [4.78, 5) is 14.3. The SMILES string of the molecule is C=CCn1c(O)c(/C=C2\C=Nc3ccccc32)sc1=Nc1ccncc1Cl. The van der Waals surface area contributed by atoms with E-state index in [1.54, 1.807) is 35.3 Å². The zero-order valence-electron chi connectivity index (χ0n) is 14.2. The van der Waals surface area contributed by atoms with Crippen LogP contribution in [0.3, 0.4) is 0 Å². The molecular formula is C20H15ClN4OS. The maximum atomic E-state index is 10.7. The smallest absolute Gasteiger partial charge is 0.211 e. The molecule has 0 fully saturated rings. The number of benzene rings is 1. The number of nitrogens with zero attached hydrogens (tertiary/aromatic N) is 4. The van der Waals surface area contributed by atoms with Crippen LogP contribution >= 0.6 is 22.9 Å². The van der Waals surface area contributed by atoms with E-state index in [1.807, 2.05) is 30.3 Å². The van der Waals surface area contributed by atoms with Crippen LogP contribution in [0.2, 0.25) is 5.02 Å². The lowest BCUT2D eigenvalue weighted by Gasteiger charge is -2.01. The summed E-state index contributed by atoms with van der Waals surface area (Å²) < 4.78 is 1.69. The normalized spacial score (nSPS) is 14.7. The number of aromatic nitrogens is 2. The maximum Gasteiger partial charge on any atom is 0.211 e. The van der Waals surface area contributed by atoms with E-state index < -0.39 is 0 Å². The van der Waals surface area contributed by atoms with E-state index in [2.05, 4.69) is 21.5 Å². The molecule has 0 saturated heterocycles. The lowest BCUT2D eigenvalue weighted by Crippen LogP contribution is -2.12. The van der Waals surface area contributed by atoms with E-state index in [4.69, 9.17) is 11.6 Å². The van der Waals surface area contributed by atoms with Crippen molar-refractivity contribution in [1.29, 1.82) is 0 Å². The van der Waals surface area contributed by atoms with Gasteiger partial charge in [-0.05, 0) is 18.2 Å². The Morgan fingerprint density at radius 3 is 2.96 bits per heavy atom. The topological polar surface area (TPSA) is 62.8 Å². The second kappa shape index (κ2) is 7.34. The predicted molar refractivity (Wildman–Crippen MR) is 111 cm³/mol. The first kappa shape index (κ1) is 17.5. The molecule has 1 aliphatic rings. The van der Waals surface area contributed by atoms with Crippen molar-refractivity contribution in [2.75, 3.05) is 0 Å². The molecule has 5 nitrogen and oxygen atoms in total. The van der Waals surface area contributed by atoms with Crippen LogP contribution in [-0.2, 0) is 6.54 Å². The van der Waals surface area contributed by atoms with Crippen LogP contribution < -0.4 is 4.80 Å². The first-order valence-corrected chi connectivity index (χ1v) is 9.39. The summed E-state index contributed by atoms with van der Waals surface area (Å²) in [7, 11) is 0. The van der Waals surface area contributed by atoms with Gasteiger partial charge in [0.15, 0.2) is 4.80 Å². The Labute approximate surface area is 165 Å². The number of halogens is 1. The number of fused-ring (bicyclic) bond motifs is 1. The van der Waals surface area contributed by atoms with Gasteiger partial charge in [-0.1, -0.05) is 47.2 Å². The van der Waals surface area contributed by atoms with E-state index >= 15 is 0 Å². The fourth-order valence-corrected chi connectivity index (χ4v) is 3.91. The maximum absolute atomic E-state index is 10.7. The van der Waals surface area contributed by atoms with Crippen molar-refractivity contribution >= 4 is 52.2 Å². The average Bonchev–Trinajstić information content (AvgIpc) is 3.21. The predicted octanol–water partition coefficient (Wildman–Crippen LogP) is 4.98. The van der Waals surface area contributed by atoms with Crippen molar-refractivity contribution in [3.8, 4) is 5.88 Å². The summed E-state index contributed by atoms with van der Waals surface area (Å²) in [6, 6.07) is 9.63. The third kappa shape index (κ3) is 3.37. The Kier molecular flexibility index (Phi) is 4.75. The molecule has 1 aliphatic heterocycles. The molecule has 0 saturated carbocycles.